The molecule has 1 aliphatic rings. The van der Waals surface area contributed by atoms with Gasteiger partial charge < -0.3 is 15.2 Å². The standard InChI is InChI=1S/C34H38ClN5O3/c1-21(2)40-20-26(11-15-32(40)42)25-10-14-29(35)27(17-25)18-30(38-31(41)16-23-6-5-7-23)34(43)37-28-12-8-24(9-13-28)33-22(3)19-36-39(33)4/h8-15,17,19-21,23,30H,5-7,16,18H2,1-4H3,(H,37,43)(H,38,41)/t30-/m0/s1. The zero-order valence-electron chi connectivity index (χ0n) is 25.1. The Bertz CT molecular complexity index is 1670. The number of pyridine rings is 1. The van der Waals surface area contributed by atoms with Gasteiger partial charge in [0.25, 0.3) is 5.56 Å². The topological polar surface area (TPSA) is 98.0 Å². The lowest BCUT2D eigenvalue weighted by atomic mass is 9.83. The van der Waals surface area contributed by atoms with Gasteiger partial charge in [0.15, 0.2) is 0 Å². The van der Waals surface area contributed by atoms with Crippen molar-refractivity contribution in [3.8, 4) is 22.4 Å². The molecular formula is C34H38ClN5O3. The first kappa shape index (κ1) is 30.3. The van der Waals surface area contributed by atoms with E-state index in [-0.39, 0.29) is 29.8 Å². The van der Waals surface area contributed by atoms with Crippen molar-refractivity contribution in [2.75, 3.05) is 5.32 Å². The minimum absolute atomic E-state index is 0.0143. The second-order valence-electron chi connectivity index (χ2n) is 11.8. The van der Waals surface area contributed by atoms with Crippen LogP contribution in [-0.4, -0.2) is 32.2 Å². The van der Waals surface area contributed by atoms with Crippen molar-refractivity contribution in [3.05, 3.63) is 93.5 Å². The Morgan fingerprint density at radius 2 is 1.72 bits per heavy atom. The van der Waals surface area contributed by atoms with Gasteiger partial charge in [0, 0.05) is 54.5 Å². The number of anilines is 1. The fourth-order valence-corrected chi connectivity index (χ4v) is 5.73. The van der Waals surface area contributed by atoms with Crippen molar-refractivity contribution in [2.24, 2.45) is 13.0 Å². The third-order valence-electron chi connectivity index (χ3n) is 8.20. The van der Waals surface area contributed by atoms with E-state index in [9.17, 15) is 14.4 Å². The predicted octanol–water partition coefficient (Wildman–Crippen LogP) is 6.31. The highest BCUT2D eigenvalue weighted by Gasteiger charge is 2.26. The van der Waals surface area contributed by atoms with E-state index in [2.05, 4.69) is 15.7 Å². The summed E-state index contributed by atoms with van der Waals surface area (Å²) in [4.78, 5) is 38.9. The lowest BCUT2D eigenvalue weighted by Gasteiger charge is -2.26. The Morgan fingerprint density at radius 3 is 2.35 bits per heavy atom. The number of amides is 2. The lowest BCUT2D eigenvalue weighted by molar-refractivity contribution is -0.127. The predicted molar refractivity (Wildman–Crippen MR) is 171 cm³/mol. The van der Waals surface area contributed by atoms with Gasteiger partial charge in [-0.15, -0.1) is 0 Å². The van der Waals surface area contributed by atoms with Gasteiger partial charge in [0.2, 0.25) is 11.8 Å². The number of carbonyl (C=O) groups is 2. The summed E-state index contributed by atoms with van der Waals surface area (Å²) in [6.07, 6.45) is 7.50. The van der Waals surface area contributed by atoms with E-state index < -0.39 is 6.04 Å². The molecule has 4 aromatic rings. The molecule has 0 bridgehead atoms. The largest absolute Gasteiger partial charge is 0.344 e. The Balaban J connectivity index is 1.38. The van der Waals surface area contributed by atoms with E-state index in [1.165, 1.54) is 0 Å². The van der Waals surface area contributed by atoms with Gasteiger partial charge in [-0.25, -0.2) is 0 Å². The number of nitrogens with one attached hydrogen (secondary N) is 2. The normalized spacial score (nSPS) is 13.9. The first-order valence-electron chi connectivity index (χ1n) is 14.8. The average molecular weight is 600 g/mol. The molecule has 2 N–H and O–H groups in total. The molecular weight excluding hydrogens is 562 g/mol. The molecule has 0 saturated heterocycles. The monoisotopic (exact) mass is 599 g/mol. The smallest absolute Gasteiger partial charge is 0.250 e. The molecule has 2 aromatic heterocycles. The number of halogens is 1. The van der Waals surface area contributed by atoms with Gasteiger partial charge in [-0.05, 0) is 92.1 Å². The zero-order valence-corrected chi connectivity index (χ0v) is 25.8. The molecule has 224 valence electrons. The highest BCUT2D eigenvalue weighted by atomic mass is 35.5. The fourth-order valence-electron chi connectivity index (χ4n) is 5.53. The number of rotatable bonds is 10. The van der Waals surface area contributed by atoms with Gasteiger partial charge in [0.05, 0.1) is 11.9 Å². The maximum absolute atomic E-state index is 13.6. The number of benzene rings is 2. The van der Waals surface area contributed by atoms with Gasteiger partial charge in [-0.1, -0.05) is 36.2 Å². The van der Waals surface area contributed by atoms with E-state index in [1.807, 2.05) is 81.3 Å². The van der Waals surface area contributed by atoms with Crippen LogP contribution in [0.2, 0.25) is 5.02 Å². The molecule has 2 aromatic carbocycles. The van der Waals surface area contributed by atoms with Crippen molar-refractivity contribution < 1.29 is 9.59 Å². The molecule has 2 heterocycles. The Labute approximate surface area is 257 Å². The van der Waals surface area contributed by atoms with Crippen LogP contribution in [0.15, 0.2) is 71.8 Å². The van der Waals surface area contributed by atoms with E-state index >= 15 is 0 Å². The summed E-state index contributed by atoms with van der Waals surface area (Å²) in [5.41, 5.74) is 6.10. The van der Waals surface area contributed by atoms with Crippen molar-refractivity contribution in [2.45, 2.75) is 65.0 Å². The molecule has 9 heteroatoms. The Kier molecular flexibility index (Phi) is 9.16. The molecule has 1 saturated carbocycles. The number of carbonyl (C=O) groups excluding carboxylic acids is 2. The van der Waals surface area contributed by atoms with Crippen LogP contribution in [0.5, 0.6) is 0 Å². The molecule has 0 aliphatic heterocycles. The van der Waals surface area contributed by atoms with Crippen LogP contribution in [0.25, 0.3) is 22.4 Å². The Hall–Kier alpha value is -4.17. The number of aryl methyl sites for hydroxylation is 2. The maximum Gasteiger partial charge on any atom is 0.250 e. The van der Waals surface area contributed by atoms with Gasteiger partial charge in [-0.2, -0.15) is 5.10 Å². The molecule has 0 radical (unpaired) electrons. The summed E-state index contributed by atoms with van der Waals surface area (Å²) in [6.45, 7) is 5.93. The Morgan fingerprint density at radius 1 is 1.02 bits per heavy atom. The summed E-state index contributed by atoms with van der Waals surface area (Å²) in [7, 11) is 1.90. The molecule has 1 aliphatic carbocycles. The molecule has 2 amide bonds. The number of nitrogens with zero attached hydrogens (tertiary/aromatic N) is 3. The van der Waals surface area contributed by atoms with E-state index in [1.54, 1.807) is 22.8 Å². The van der Waals surface area contributed by atoms with E-state index in [0.29, 0.717) is 23.0 Å². The first-order chi connectivity index (χ1) is 20.6. The van der Waals surface area contributed by atoms with Crippen LogP contribution in [0.1, 0.15) is 56.7 Å². The summed E-state index contributed by atoms with van der Waals surface area (Å²) in [6, 6.07) is 15.7. The minimum Gasteiger partial charge on any atom is -0.344 e. The second-order valence-corrected chi connectivity index (χ2v) is 12.2. The van der Waals surface area contributed by atoms with Crippen molar-refractivity contribution >= 4 is 29.1 Å². The molecule has 43 heavy (non-hydrogen) atoms. The summed E-state index contributed by atoms with van der Waals surface area (Å²) < 4.78 is 3.51. The van der Waals surface area contributed by atoms with Gasteiger partial charge in [-0.3, -0.25) is 19.1 Å². The van der Waals surface area contributed by atoms with E-state index in [0.717, 1.165) is 52.8 Å². The van der Waals surface area contributed by atoms with Gasteiger partial charge in [0.1, 0.15) is 6.04 Å². The van der Waals surface area contributed by atoms with Crippen molar-refractivity contribution in [1.82, 2.24) is 19.7 Å². The summed E-state index contributed by atoms with van der Waals surface area (Å²) in [5, 5.41) is 10.8. The first-order valence-corrected chi connectivity index (χ1v) is 15.2. The molecule has 0 spiro atoms. The molecule has 1 fully saturated rings. The highest BCUT2D eigenvalue weighted by molar-refractivity contribution is 6.31. The average Bonchev–Trinajstić information content (AvgIpc) is 3.29. The SMILES string of the molecule is Cc1cnn(C)c1-c1ccc(NC(=O)[C@H](Cc2cc(-c3ccc(=O)n(C(C)C)c3)ccc2Cl)NC(=O)CC2CCC2)cc1. The van der Waals surface area contributed by atoms with Crippen molar-refractivity contribution in [1.29, 1.82) is 0 Å². The second kappa shape index (κ2) is 13.0. The highest BCUT2D eigenvalue weighted by Crippen LogP contribution is 2.30. The van der Waals surface area contributed by atoms with Crippen LogP contribution in [0, 0.1) is 12.8 Å². The van der Waals surface area contributed by atoms with Crippen LogP contribution >= 0.6 is 11.6 Å². The molecule has 0 unspecified atom stereocenters. The summed E-state index contributed by atoms with van der Waals surface area (Å²) in [5.74, 6) is -0.0836. The molecule has 5 rings (SSSR count). The van der Waals surface area contributed by atoms with Crippen LogP contribution in [0.3, 0.4) is 0 Å². The zero-order chi connectivity index (χ0) is 30.7. The van der Waals surface area contributed by atoms with Crippen LogP contribution in [-0.2, 0) is 23.1 Å². The van der Waals surface area contributed by atoms with Crippen LogP contribution in [0.4, 0.5) is 5.69 Å². The number of hydrogen-bond acceptors (Lipinski definition) is 4. The minimum atomic E-state index is -0.830. The summed E-state index contributed by atoms with van der Waals surface area (Å²) >= 11 is 6.64. The number of aromatic nitrogens is 3. The lowest BCUT2D eigenvalue weighted by Crippen LogP contribution is -2.46. The molecule has 8 nitrogen and oxygen atoms in total. The van der Waals surface area contributed by atoms with Crippen LogP contribution < -0.4 is 16.2 Å². The third kappa shape index (κ3) is 7.08. The molecule has 1 atom stereocenters. The third-order valence-corrected chi connectivity index (χ3v) is 8.56. The fraction of sp³-hybridized carbons (Fsp3) is 0.353. The number of hydrogen-bond donors (Lipinski definition) is 2. The van der Waals surface area contributed by atoms with Crippen molar-refractivity contribution in [3.63, 3.8) is 0 Å². The van der Waals surface area contributed by atoms with Gasteiger partial charge >= 0.3 is 0 Å². The maximum atomic E-state index is 13.6. The quantitative estimate of drug-likeness (QED) is 0.223. The van der Waals surface area contributed by atoms with E-state index in [4.69, 9.17) is 11.6 Å².